The summed E-state index contributed by atoms with van der Waals surface area (Å²) in [6, 6.07) is 0.780. The lowest BCUT2D eigenvalue weighted by Crippen LogP contribution is -2.42. The molecule has 3 heteroatoms. The van der Waals surface area contributed by atoms with Gasteiger partial charge in [-0.2, -0.15) is 0 Å². The standard InChI is InChI=1S/C13H25NO2/c1-10(15-3)8-13(6-7-16-11(13)2)9-14-12-4-5-12/h10-12,14H,4-9H2,1-3H3. The Morgan fingerprint density at radius 2 is 2.25 bits per heavy atom. The monoisotopic (exact) mass is 227 g/mol. The molecule has 3 unspecified atom stereocenters. The molecule has 0 aromatic rings. The zero-order valence-corrected chi connectivity index (χ0v) is 10.8. The second kappa shape index (κ2) is 5.03. The van der Waals surface area contributed by atoms with E-state index in [0.29, 0.717) is 12.2 Å². The minimum absolute atomic E-state index is 0.290. The highest BCUT2D eigenvalue weighted by molar-refractivity contribution is 4.95. The molecule has 2 fully saturated rings. The first-order valence-corrected chi connectivity index (χ1v) is 6.54. The van der Waals surface area contributed by atoms with Crippen LogP contribution >= 0.6 is 0 Å². The molecule has 0 spiro atoms. The van der Waals surface area contributed by atoms with E-state index in [4.69, 9.17) is 9.47 Å². The molecule has 1 N–H and O–H groups in total. The summed E-state index contributed by atoms with van der Waals surface area (Å²) < 4.78 is 11.2. The zero-order valence-electron chi connectivity index (χ0n) is 10.8. The first-order valence-electron chi connectivity index (χ1n) is 6.54. The third-order valence-corrected chi connectivity index (χ3v) is 4.25. The van der Waals surface area contributed by atoms with Crippen LogP contribution in [0.25, 0.3) is 0 Å². The van der Waals surface area contributed by atoms with Crippen LogP contribution in [0.2, 0.25) is 0 Å². The average molecular weight is 227 g/mol. The fraction of sp³-hybridized carbons (Fsp3) is 1.00. The Bertz CT molecular complexity index is 230. The molecule has 2 aliphatic rings. The lowest BCUT2D eigenvalue weighted by atomic mass is 9.76. The molecular weight excluding hydrogens is 202 g/mol. The average Bonchev–Trinajstić information content (AvgIpc) is 3.03. The smallest absolute Gasteiger partial charge is 0.0617 e. The van der Waals surface area contributed by atoms with E-state index in [1.165, 1.54) is 19.3 Å². The van der Waals surface area contributed by atoms with Crippen LogP contribution in [0.1, 0.15) is 39.5 Å². The van der Waals surface area contributed by atoms with E-state index in [-0.39, 0.29) is 5.41 Å². The minimum Gasteiger partial charge on any atom is -0.382 e. The largest absolute Gasteiger partial charge is 0.382 e. The van der Waals surface area contributed by atoms with Crippen molar-refractivity contribution in [3.8, 4) is 0 Å². The van der Waals surface area contributed by atoms with Crippen LogP contribution in [0.3, 0.4) is 0 Å². The van der Waals surface area contributed by atoms with Crippen molar-refractivity contribution in [2.24, 2.45) is 5.41 Å². The van der Waals surface area contributed by atoms with E-state index in [1.807, 2.05) is 0 Å². The highest BCUT2D eigenvalue weighted by Crippen LogP contribution is 2.39. The number of rotatable bonds is 6. The quantitative estimate of drug-likeness (QED) is 0.752. The van der Waals surface area contributed by atoms with Crippen LogP contribution in [0, 0.1) is 5.41 Å². The van der Waals surface area contributed by atoms with Gasteiger partial charge in [0.2, 0.25) is 0 Å². The Morgan fingerprint density at radius 3 is 2.75 bits per heavy atom. The van der Waals surface area contributed by atoms with E-state index in [9.17, 15) is 0 Å². The van der Waals surface area contributed by atoms with Gasteiger partial charge in [0.15, 0.2) is 0 Å². The van der Waals surface area contributed by atoms with E-state index >= 15 is 0 Å². The molecule has 1 aliphatic heterocycles. The second-order valence-electron chi connectivity index (χ2n) is 5.53. The van der Waals surface area contributed by atoms with Crippen molar-refractivity contribution < 1.29 is 9.47 Å². The highest BCUT2D eigenvalue weighted by atomic mass is 16.5. The summed E-state index contributed by atoms with van der Waals surface area (Å²) >= 11 is 0. The van der Waals surface area contributed by atoms with Crippen LogP contribution in [0.4, 0.5) is 0 Å². The van der Waals surface area contributed by atoms with E-state index in [1.54, 1.807) is 7.11 Å². The molecule has 1 heterocycles. The van der Waals surface area contributed by atoms with Crippen molar-refractivity contribution in [3.63, 3.8) is 0 Å². The van der Waals surface area contributed by atoms with Gasteiger partial charge in [0.05, 0.1) is 12.2 Å². The van der Waals surface area contributed by atoms with Crippen molar-refractivity contribution in [2.75, 3.05) is 20.3 Å². The summed E-state index contributed by atoms with van der Waals surface area (Å²) in [7, 11) is 1.80. The van der Waals surface area contributed by atoms with E-state index < -0.39 is 0 Å². The molecule has 94 valence electrons. The summed E-state index contributed by atoms with van der Waals surface area (Å²) in [6.07, 6.45) is 5.66. The molecule has 0 aromatic carbocycles. The fourth-order valence-electron chi connectivity index (χ4n) is 2.68. The third-order valence-electron chi connectivity index (χ3n) is 4.25. The molecular formula is C13H25NO2. The van der Waals surface area contributed by atoms with Crippen LogP contribution < -0.4 is 5.32 Å². The third kappa shape index (κ3) is 2.76. The van der Waals surface area contributed by atoms with E-state index in [0.717, 1.165) is 25.6 Å². The van der Waals surface area contributed by atoms with Crippen LogP contribution in [0.5, 0.6) is 0 Å². The minimum atomic E-state index is 0.290. The predicted molar refractivity (Wildman–Crippen MR) is 64.6 cm³/mol. The molecule has 3 nitrogen and oxygen atoms in total. The summed E-state index contributed by atoms with van der Waals surface area (Å²) in [5.74, 6) is 0. The Hall–Kier alpha value is -0.120. The Kier molecular flexibility index (Phi) is 3.88. The summed E-state index contributed by atoms with van der Waals surface area (Å²) in [4.78, 5) is 0. The molecule has 2 rings (SSSR count). The molecule has 0 bridgehead atoms. The molecule has 0 aromatic heterocycles. The normalized spacial score (nSPS) is 36.6. The van der Waals surface area contributed by atoms with Crippen LogP contribution in [-0.2, 0) is 9.47 Å². The number of nitrogens with one attached hydrogen (secondary N) is 1. The first-order chi connectivity index (χ1) is 7.66. The number of methoxy groups -OCH3 is 1. The number of ether oxygens (including phenoxy) is 2. The molecule has 1 saturated carbocycles. The fourth-order valence-corrected chi connectivity index (χ4v) is 2.68. The van der Waals surface area contributed by atoms with Gasteiger partial charge in [0.1, 0.15) is 0 Å². The van der Waals surface area contributed by atoms with Gasteiger partial charge in [0.25, 0.3) is 0 Å². The topological polar surface area (TPSA) is 30.5 Å². The SMILES string of the molecule is COC(C)CC1(CNC2CC2)CCOC1C. The Labute approximate surface area is 98.9 Å². The van der Waals surface area contributed by atoms with Crippen molar-refractivity contribution in [1.82, 2.24) is 5.32 Å². The molecule has 1 saturated heterocycles. The van der Waals surface area contributed by atoms with Gasteiger partial charge < -0.3 is 14.8 Å². The maximum absolute atomic E-state index is 5.77. The number of hydrogen-bond acceptors (Lipinski definition) is 3. The predicted octanol–water partition coefficient (Wildman–Crippen LogP) is 1.96. The van der Waals surface area contributed by atoms with Gasteiger partial charge >= 0.3 is 0 Å². The first kappa shape index (κ1) is 12.3. The van der Waals surface area contributed by atoms with E-state index in [2.05, 4.69) is 19.2 Å². The Morgan fingerprint density at radius 1 is 1.50 bits per heavy atom. The van der Waals surface area contributed by atoms with Crippen molar-refractivity contribution >= 4 is 0 Å². The van der Waals surface area contributed by atoms with Crippen molar-refractivity contribution in [1.29, 1.82) is 0 Å². The second-order valence-corrected chi connectivity index (χ2v) is 5.53. The molecule has 16 heavy (non-hydrogen) atoms. The zero-order chi connectivity index (χ0) is 11.6. The summed E-state index contributed by atoms with van der Waals surface area (Å²) in [5.41, 5.74) is 0.290. The maximum Gasteiger partial charge on any atom is 0.0617 e. The van der Waals surface area contributed by atoms with Crippen molar-refractivity contribution in [3.05, 3.63) is 0 Å². The van der Waals surface area contributed by atoms with Gasteiger partial charge in [-0.15, -0.1) is 0 Å². The summed E-state index contributed by atoms with van der Waals surface area (Å²) in [6.45, 7) is 6.37. The maximum atomic E-state index is 5.77. The lowest BCUT2D eigenvalue weighted by molar-refractivity contribution is 0.0155. The molecule has 0 amide bonds. The van der Waals surface area contributed by atoms with Gasteiger partial charge in [0, 0.05) is 31.7 Å². The molecule has 0 radical (unpaired) electrons. The van der Waals surface area contributed by atoms with Crippen LogP contribution in [-0.4, -0.2) is 38.5 Å². The molecule has 1 aliphatic carbocycles. The van der Waals surface area contributed by atoms with Crippen molar-refractivity contribution in [2.45, 2.75) is 57.8 Å². The molecule has 3 atom stereocenters. The Balaban J connectivity index is 1.93. The van der Waals surface area contributed by atoms with Gasteiger partial charge in [-0.05, 0) is 39.5 Å². The highest BCUT2D eigenvalue weighted by Gasteiger charge is 2.43. The number of hydrogen-bond donors (Lipinski definition) is 1. The van der Waals surface area contributed by atoms with Crippen LogP contribution in [0.15, 0.2) is 0 Å². The van der Waals surface area contributed by atoms with Gasteiger partial charge in [-0.1, -0.05) is 0 Å². The van der Waals surface area contributed by atoms with Gasteiger partial charge in [-0.25, -0.2) is 0 Å². The lowest BCUT2D eigenvalue weighted by Gasteiger charge is -2.34. The summed E-state index contributed by atoms with van der Waals surface area (Å²) in [5, 5.41) is 3.66. The van der Waals surface area contributed by atoms with Gasteiger partial charge in [-0.3, -0.25) is 0 Å².